The SMILES string of the molecule is CC/C=C/C/C=C/C/C=C/C/C=C/C/C=C/CCCC(=O)O[C@@H](COC(=O)CCCCC/C=C/C/C=C/C/C=C/C/C=C/CCCCC)COC(=O)CCCCCCCCCCCCCCCCCC. The van der Waals surface area contributed by atoms with Crippen LogP contribution >= 0.6 is 0 Å². The molecular formula is C64H106O6. The van der Waals surface area contributed by atoms with E-state index in [9.17, 15) is 14.4 Å². The number of rotatable bonds is 51. The lowest BCUT2D eigenvalue weighted by atomic mass is 10.0. The molecule has 0 aromatic heterocycles. The largest absolute Gasteiger partial charge is 0.462 e. The number of hydrogen-bond acceptors (Lipinski definition) is 6. The van der Waals surface area contributed by atoms with Crippen molar-refractivity contribution in [2.24, 2.45) is 0 Å². The fourth-order valence-corrected chi connectivity index (χ4v) is 7.70. The molecule has 0 radical (unpaired) electrons. The summed E-state index contributed by atoms with van der Waals surface area (Å²) < 4.78 is 16.8. The topological polar surface area (TPSA) is 78.9 Å². The summed E-state index contributed by atoms with van der Waals surface area (Å²) >= 11 is 0. The smallest absolute Gasteiger partial charge is 0.306 e. The van der Waals surface area contributed by atoms with E-state index < -0.39 is 6.10 Å². The molecule has 0 aliphatic heterocycles. The summed E-state index contributed by atoms with van der Waals surface area (Å²) in [7, 11) is 0. The first-order chi connectivity index (χ1) is 34.5. The Bertz CT molecular complexity index is 1440. The van der Waals surface area contributed by atoms with Gasteiger partial charge in [0.05, 0.1) is 0 Å². The summed E-state index contributed by atoms with van der Waals surface area (Å²) in [5.74, 6) is -0.999. The zero-order valence-electron chi connectivity index (χ0n) is 45.5. The average molecular weight is 972 g/mol. The second-order valence-corrected chi connectivity index (χ2v) is 18.8. The van der Waals surface area contributed by atoms with Gasteiger partial charge in [0.1, 0.15) is 13.2 Å². The fourth-order valence-electron chi connectivity index (χ4n) is 7.70. The third kappa shape index (κ3) is 55.0. The van der Waals surface area contributed by atoms with Crippen molar-refractivity contribution >= 4 is 17.9 Å². The number of allylic oxidation sites excluding steroid dienone is 18. The normalized spacial score (nSPS) is 12.9. The van der Waals surface area contributed by atoms with Gasteiger partial charge in [-0.15, -0.1) is 0 Å². The third-order valence-corrected chi connectivity index (χ3v) is 12.0. The lowest BCUT2D eigenvalue weighted by Gasteiger charge is -2.18. The van der Waals surface area contributed by atoms with Gasteiger partial charge in [-0.2, -0.15) is 0 Å². The highest BCUT2D eigenvalue weighted by Crippen LogP contribution is 2.15. The van der Waals surface area contributed by atoms with Gasteiger partial charge in [-0.1, -0.05) is 246 Å². The van der Waals surface area contributed by atoms with Crippen LogP contribution in [0.5, 0.6) is 0 Å². The van der Waals surface area contributed by atoms with Gasteiger partial charge >= 0.3 is 17.9 Å². The van der Waals surface area contributed by atoms with Crippen LogP contribution in [0.15, 0.2) is 109 Å². The molecular weight excluding hydrogens is 865 g/mol. The lowest BCUT2D eigenvalue weighted by Crippen LogP contribution is -2.30. The highest BCUT2D eigenvalue weighted by atomic mass is 16.6. The van der Waals surface area contributed by atoms with Gasteiger partial charge in [-0.05, 0) is 103 Å². The maximum Gasteiger partial charge on any atom is 0.306 e. The maximum absolute atomic E-state index is 12.8. The van der Waals surface area contributed by atoms with E-state index in [2.05, 4.69) is 130 Å². The zero-order chi connectivity index (χ0) is 50.7. The van der Waals surface area contributed by atoms with E-state index in [4.69, 9.17) is 14.2 Å². The quantitative estimate of drug-likeness (QED) is 0.0262. The molecule has 0 aromatic rings. The Balaban J connectivity index is 4.53. The second kappa shape index (κ2) is 57.6. The van der Waals surface area contributed by atoms with Crippen LogP contribution in [-0.4, -0.2) is 37.2 Å². The lowest BCUT2D eigenvalue weighted by molar-refractivity contribution is -0.167. The Morgan fingerprint density at radius 3 is 0.943 bits per heavy atom. The van der Waals surface area contributed by atoms with Crippen molar-refractivity contribution in [3.63, 3.8) is 0 Å². The Kier molecular flexibility index (Phi) is 54.4. The van der Waals surface area contributed by atoms with Crippen LogP contribution in [0.25, 0.3) is 0 Å². The molecule has 0 N–H and O–H groups in total. The van der Waals surface area contributed by atoms with E-state index in [1.165, 1.54) is 109 Å². The van der Waals surface area contributed by atoms with Crippen molar-refractivity contribution in [2.75, 3.05) is 13.2 Å². The van der Waals surface area contributed by atoms with Crippen LogP contribution in [0.4, 0.5) is 0 Å². The van der Waals surface area contributed by atoms with Crippen molar-refractivity contribution < 1.29 is 28.6 Å². The molecule has 0 saturated heterocycles. The molecule has 0 heterocycles. The summed E-state index contributed by atoms with van der Waals surface area (Å²) in [4.78, 5) is 38.2. The van der Waals surface area contributed by atoms with Gasteiger partial charge in [0.25, 0.3) is 0 Å². The number of carbonyl (C=O) groups is 3. The first kappa shape index (κ1) is 66.1. The number of carbonyl (C=O) groups excluding carboxylic acids is 3. The van der Waals surface area contributed by atoms with E-state index >= 15 is 0 Å². The molecule has 0 spiro atoms. The minimum Gasteiger partial charge on any atom is -0.462 e. The van der Waals surface area contributed by atoms with Crippen molar-refractivity contribution in [2.45, 2.75) is 264 Å². The highest BCUT2D eigenvalue weighted by Gasteiger charge is 2.19. The van der Waals surface area contributed by atoms with Crippen molar-refractivity contribution in [3.8, 4) is 0 Å². The summed E-state index contributed by atoms with van der Waals surface area (Å²) in [6.45, 7) is 6.43. The number of hydrogen-bond donors (Lipinski definition) is 0. The Morgan fingerprint density at radius 1 is 0.300 bits per heavy atom. The Morgan fingerprint density at radius 2 is 0.571 bits per heavy atom. The zero-order valence-corrected chi connectivity index (χ0v) is 45.5. The summed E-state index contributed by atoms with van der Waals surface area (Å²) in [6.07, 6.45) is 78.0. The van der Waals surface area contributed by atoms with Crippen LogP contribution < -0.4 is 0 Å². The van der Waals surface area contributed by atoms with Gasteiger partial charge in [-0.25, -0.2) is 0 Å². The molecule has 70 heavy (non-hydrogen) atoms. The van der Waals surface area contributed by atoms with E-state index in [-0.39, 0.29) is 37.5 Å². The van der Waals surface area contributed by atoms with E-state index in [0.717, 1.165) is 103 Å². The number of esters is 3. The predicted octanol–water partition coefficient (Wildman–Crippen LogP) is 19.5. The van der Waals surface area contributed by atoms with Crippen molar-refractivity contribution in [1.82, 2.24) is 0 Å². The van der Waals surface area contributed by atoms with Crippen LogP contribution in [0, 0.1) is 0 Å². The molecule has 0 aliphatic carbocycles. The molecule has 6 heteroatoms. The molecule has 0 fully saturated rings. The minimum absolute atomic E-state index is 0.111. The number of unbranched alkanes of at least 4 members (excludes halogenated alkanes) is 22. The molecule has 0 amide bonds. The minimum atomic E-state index is -0.822. The molecule has 398 valence electrons. The molecule has 1 atom stereocenters. The summed E-state index contributed by atoms with van der Waals surface area (Å²) in [5.41, 5.74) is 0. The van der Waals surface area contributed by atoms with Gasteiger partial charge in [0, 0.05) is 19.3 Å². The first-order valence-corrected chi connectivity index (χ1v) is 28.9. The van der Waals surface area contributed by atoms with Crippen molar-refractivity contribution in [3.05, 3.63) is 109 Å². The van der Waals surface area contributed by atoms with E-state index in [0.29, 0.717) is 19.3 Å². The molecule has 0 unspecified atom stereocenters. The van der Waals surface area contributed by atoms with Crippen LogP contribution in [0.3, 0.4) is 0 Å². The molecule has 0 bridgehead atoms. The molecule has 0 saturated carbocycles. The third-order valence-electron chi connectivity index (χ3n) is 12.0. The van der Waals surface area contributed by atoms with Gasteiger partial charge < -0.3 is 14.2 Å². The van der Waals surface area contributed by atoms with Crippen molar-refractivity contribution in [1.29, 1.82) is 0 Å². The van der Waals surface area contributed by atoms with Crippen LogP contribution in [0.1, 0.15) is 258 Å². The number of ether oxygens (including phenoxy) is 3. The van der Waals surface area contributed by atoms with E-state index in [1.54, 1.807) is 0 Å². The fraction of sp³-hybridized carbons (Fsp3) is 0.672. The molecule has 0 aliphatic rings. The van der Waals surface area contributed by atoms with Gasteiger partial charge in [0.2, 0.25) is 0 Å². The second-order valence-electron chi connectivity index (χ2n) is 18.8. The van der Waals surface area contributed by atoms with Crippen LogP contribution in [-0.2, 0) is 28.6 Å². The van der Waals surface area contributed by atoms with Crippen LogP contribution in [0.2, 0.25) is 0 Å². The summed E-state index contributed by atoms with van der Waals surface area (Å²) in [5, 5.41) is 0. The van der Waals surface area contributed by atoms with E-state index in [1.807, 2.05) is 0 Å². The highest BCUT2D eigenvalue weighted by molar-refractivity contribution is 5.71. The Hall–Kier alpha value is -3.93. The average Bonchev–Trinajstić information content (AvgIpc) is 3.36. The maximum atomic E-state index is 12.8. The standard InChI is InChI=1S/C64H106O6/c1-4-7-10-13-16-19-22-25-28-31-32-34-36-39-42-45-48-51-54-57-63(66)69-60-61(59-68-62(65)56-53-50-47-44-41-38-35-30-27-24-21-18-15-12-9-6-3)70-64(67)58-55-52-49-46-43-40-37-33-29-26-23-20-17-14-11-8-5-2/h8,11,16-17,19-20,25-26,28-29,32,34,37,39-40,42,46,49,61H,4-7,9-10,12-15,18,21-24,27,30-31,33,35-36,38,41,43-45,47-48,50-60H2,1-3H3/b11-8+,19-16+,20-17+,28-25+,29-26+,34-32+,40-37+,42-39+,49-46+/t61-/m1/s1. The summed E-state index contributed by atoms with van der Waals surface area (Å²) in [6, 6.07) is 0. The molecule has 0 aromatic carbocycles. The molecule has 6 nitrogen and oxygen atoms in total. The monoisotopic (exact) mass is 971 g/mol. The first-order valence-electron chi connectivity index (χ1n) is 28.9. The predicted molar refractivity (Wildman–Crippen MR) is 302 cm³/mol. The van der Waals surface area contributed by atoms with Gasteiger partial charge in [0.15, 0.2) is 6.10 Å². The van der Waals surface area contributed by atoms with Gasteiger partial charge in [-0.3, -0.25) is 14.4 Å². The Labute approximate surface area is 431 Å². The molecule has 0 rings (SSSR count).